The normalized spacial score (nSPS) is 9.58. The molecule has 0 atom stereocenters. The molecule has 0 spiro atoms. The van der Waals surface area contributed by atoms with E-state index in [0.29, 0.717) is 16.1 Å². The van der Waals surface area contributed by atoms with Crippen molar-refractivity contribution in [2.24, 2.45) is 5.73 Å². The number of nitrogens with zero attached hydrogens (tertiary/aromatic N) is 1. The SMILES string of the molecule is NC(=O)c1cc(C#Cc2cncc(Cl)c2)ccc1F. The molecule has 1 amide bonds. The van der Waals surface area contributed by atoms with E-state index >= 15 is 0 Å². The summed E-state index contributed by atoms with van der Waals surface area (Å²) < 4.78 is 13.3. The minimum absolute atomic E-state index is 0.184. The third-order valence-corrected chi connectivity index (χ3v) is 2.49. The van der Waals surface area contributed by atoms with Crippen LogP contribution in [0.15, 0.2) is 36.7 Å². The first-order chi connectivity index (χ1) is 9.06. The number of hydrogen-bond donors (Lipinski definition) is 1. The van der Waals surface area contributed by atoms with E-state index in [0.717, 1.165) is 6.07 Å². The van der Waals surface area contributed by atoms with E-state index in [4.69, 9.17) is 17.3 Å². The highest BCUT2D eigenvalue weighted by atomic mass is 35.5. The number of carbonyl (C=O) groups excluding carboxylic acids is 1. The van der Waals surface area contributed by atoms with Gasteiger partial charge in [0.15, 0.2) is 0 Å². The Morgan fingerprint density at radius 3 is 2.63 bits per heavy atom. The lowest BCUT2D eigenvalue weighted by Gasteiger charge is -1.98. The number of pyridine rings is 1. The number of primary amides is 1. The predicted molar refractivity (Wildman–Crippen MR) is 70.1 cm³/mol. The van der Waals surface area contributed by atoms with Gasteiger partial charge in [-0.2, -0.15) is 0 Å². The second-order valence-electron chi connectivity index (χ2n) is 3.70. The van der Waals surface area contributed by atoms with E-state index in [1.165, 1.54) is 18.3 Å². The zero-order valence-electron chi connectivity index (χ0n) is 9.65. The van der Waals surface area contributed by atoms with E-state index in [1.54, 1.807) is 12.3 Å². The van der Waals surface area contributed by atoms with Crippen LogP contribution in [0.3, 0.4) is 0 Å². The van der Waals surface area contributed by atoms with Crippen molar-refractivity contribution in [3.8, 4) is 11.8 Å². The molecule has 2 rings (SSSR count). The molecule has 3 nitrogen and oxygen atoms in total. The number of halogens is 2. The Morgan fingerprint density at radius 2 is 1.95 bits per heavy atom. The van der Waals surface area contributed by atoms with Gasteiger partial charge in [0, 0.05) is 23.5 Å². The summed E-state index contributed by atoms with van der Waals surface area (Å²) in [5.41, 5.74) is 5.98. The van der Waals surface area contributed by atoms with Crippen LogP contribution in [0.2, 0.25) is 5.02 Å². The molecule has 5 heteroatoms. The highest BCUT2D eigenvalue weighted by Gasteiger charge is 2.07. The largest absolute Gasteiger partial charge is 0.366 e. The molecule has 2 N–H and O–H groups in total. The van der Waals surface area contributed by atoms with Gasteiger partial charge in [-0.1, -0.05) is 23.4 Å². The number of carbonyl (C=O) groups is 1. The number of rotatable bonds is 1. The third-order valence-electron chi connectivity index (χ3n) is 2.29. The van der Waals surface area contributed by atoms with Gasteiger partial charge in [-0.15, -0.1) is 0 Å². The fourth-order valence-electron chi connectivity index (χ4n) is 1.42. The second-order valence-corrected chi connectivity index (χ2v) is 4.14. The van der Waals surface area contributed by atoms with E-state index in [2.05, 4.69) is 16.8 Å². The molecule has 1 aromatic heterocycles. The molecule has 94 valence electrons. The van der Waals surface area contributed by atoms with Crippen molar-refractivity contribution in [3.05, 3.63) is 64.2 Å². The first-order valence-corrected chi connectivity index (χ1v) is 5.66. The highest BCUT2D eigenvalue weighted by Crippen LogP contribution is 2.10. The maximum absolute atomic E-state index is 13.3. The first-order valence-electron chi connectivity index (χ1n) is 5.28. The lowest BCUT2D eigenvalue weighted by Crippen LogP contribution is -2.13. The molecule has 0 radical (unpaired) electrons. The standard InChI is InChI=1S/C14H8ClFN2O/c15-11-5-10(7-18-8-11)2-1-9-3-4-13(16)12(6-9)14(17)19/h3-8H,(H2,17,19). The Kier molecular flexibility index (Phi) is 3.79. The van der Waals surface area contributed by atoms with Crippen molar-refractivity contribution in [2.45, 2.75) is 0 Å². The van der Waals surface area contributed by atoms with Gasteiger partial charge in [0.25, 0.3) is 5.91 Å². The molecule has 0 unspecified atom stereocenters. The smallest absolute Gasteiger partial charge is 0.251 e. The predicted octanol–water partition coefficient (Wildman–Crippen LogP) is 2.37. The quantitative estimate of drug-likeness (QED) is 0.812. The Labute approximate surface area is 114 Å². The monoisotopic (exact) mass is 274 g/mol. The summed E-state index contributed by atoms with van der Waals surface area (Å²) in [5, 5.41) is 0.476. The molecule has 0 saturated carbocycles. The van der Waals surface area contributed by atoms with Crippen molar-refractivity contribution in [3.63, 3.8) is 0 Å². The lowest BCUT2D eigenvalue weighted by atomic mass is 10.1. The van der Waals surface area contributed by atoms with Crippen molar-refractivity contribution in [1.82, 2.24) is 4.98 Å². The minimum Gasteiger partial charge on any atom is -0.366 e. The first kappa shape index (κ1) is 13.1. The van der Waals surface area contributed by atoms with Crippen molar-refractivity contribution >= 4 is 17.5 Å². The fraction of sp³-hybridized carbons (Fsp3) is 0. The molecule has 0 bridgehead atoms. The van der Waals surface area contributed by atoms with Gasteiger partial charge in [0.2, 0.25) is 0 Å². The van der Waals surface area contributed by atoms with Gasteiger partial charge in [-0.05, 0) is 24.3 Å². The molecule has 0 saturated heterocycles. The summed E-state index contributed by atoms with van der Waals surface area (Å²) in [6.07, 6.45) is 3.05. The molecule has 2 aromatic rings. The zero-order valence-corrected chi connectivity index (χ0v) is 10.4. The molecule has 0 aliphatic rings. The zero-order chi connectivity index (χ0) is 13.8. The second kappa shape index (κ2) is 5.51. The lowest BCUT2D eigenvalue weighted by molar-refractivity contribution is 0.0996. The van der Waals surface area contributed by atoms with Crippen LogP contribution < -0.4 is 5.73 Å². The average Bonchev–Trinajstić information content (AvgIpc) is 2.37. The molecule has 19 heavy (non-hydrogen) atoms. The van der Waals surface area contributed by atoms with Gasteiger partial charge in [0.1, 0.15) is 5.82 Å². The van der Waals surface area contributed by atoms with Crippen LogP contribution in [0.5, 0.6) is 0 Å². The summed E-state index contributed by atoms with van der Waals surface area (Å²) in [6, 6.07) is 5.58. The highest BCUT2D eigenvalue weighted by molar-refractivity contribution is 6.30. The number of aromatic nitrogens is 1. The van der Waals surface area contributed by atoms with Crippen LogP contribution in [0, 0.1) is 17.7 Å². The van der Waals surface area contributed by atoms with Crippen molar-refractivity contribution in [2.75, 3.05) is 0 Å². The van der Waals surface area contributed by atoms with Crippen molar-refractivity contribution in [1.29, 1.82) is 0 Å². The Balaban J connectivity index is 2.35. The van der Waals surface area contributed by atoms with Gasteiger partial charge in [-0.25, -0.2) is 4.39 Å². The van der Waals surface area contributed by atoms with E-state index in [9.17, 15) is 9.18 Å². The number of hydrogen-bond acceptors (Lipinski definition) is 2. The number of amides is 1. The van der Waals surface area contributed by atoms with Gasteiger partial charge >= 0.3 is 0 Å². The van der Waals surface area contributed by atoms with Crippen LogP contribution in [0.4, 0.5) is 4.39 Å². The summed E-state index contributed by atoms with van der Waals surface area (Å²) in [7, 11) is 0. The fourth-order valence-corrected chi connectivity index (χ4v) is 1.59. The van der Waals surface area contributed by atoms with Gasteiger partial charge < -0.3 is 5.73 Å². The van der Waals surface area contributed by atoms with Crippen LogP contribution >= 0.6 is 11.6 Å². The molecule has 1 heterocycles. The topological polar surface area (TPSA) is 56.0 Å². The summed E-state index contributed by atoms with van der Waals surface area (Å²) in [5.74, 6) is 4.11. The molecular formula is C14H8ClFN2O. The Hall–Kier alpha value is -2.38. The third kappa shape index (κ3) is 3.30. The van der Waals surface area contributed by atoms with Crippen LogP contribution in [-0.2, 0) is 0 Å². The van der Waals surface area contributed by atoms with Crippen LogP contribution in [0.1, 0.15) is 21.5 Å². The molecule has 0 fully saturated rings. The summed E-state index contributed by atoms with van der Waals surface area (Å²) >= 11 is 5.77. The Bertz CT molecular complexity index is 704. The molecular weight excluding hydrogens is 267 g/mol. The van der Waals surface area contributed by atoms with Crippen LogP contribution in [0.25, 0.3) is 0 Å². The van der Waals surface area contributed by atoms with E-state index < -0.39 is 11.7 Å². The minimum atomic E-state index is -0.828. The van der Waals surface area contributed by atoms with E-state index in [-0.39, 0.29) is 5.56 Å². The molecule has 1 aromatic carbocycles. The maximum Gasteiger partial charge on any atom is 0.251 e. The number of benzene rings is 1. The molecule has 0 aliphatic heterocycles. The van der Waals surface area contributed by atoms with Gasteiger partial charge in [-0.3, -0.25) is 9.78 Å². The number of nitrogens with two attached hydrogens (primary N) is 1. The van der Waals surface area contributed by atoms with Crippen LogP contribution in [-0.4, -0.2) is 10.9 Å². The maximum atomic E-state index is 13.3. The summed E-state index contributed by atoms with van der Waals surface area (Å²) in [4.78, 5) is 14.9. The Morgan fingerprint density at radius 1 is 1.21 bits per heavy atom. The molecule has 0 aliphatic carbocycles. The average molecular weight is 275 g/mol. The van der Waals surface area contributed by atoms with E-state index in [1.807, 2.05) is 0 Å². The van der Waals surface area contributed by atoms with Crippen molar-refractivity contribution < 1.29 is 9.18 Å². The summed E-state index contributed by atoms with van der Waals surface area (Å²) in [6.45, 7) is 0. The van der Waals surface area contributed by atoms with Gasteiger partial charge in [0.05, 0.1) is 10.6 Å².